The van der Waals surface area contributed by atoms with Crippen molar-refractivity contribution < 1.29 is 4.79 Å². The fraction of sp³-hybridized carbons (Fsp3) is 0.200. The summed E-state index contributed by atoms with van der Waals surface area (Å²) in [5.74, 6) is -0.238. The van der Waals surface area contributed by atoms with Gasteiger partial charge in [0.15, 0.2) is 0 Å². The third-order valence-corrected chi connectivity index (χ3v) is 4.90. The number of nitrogens with zero attached hydrogens (tertiary/aromatic N) is 2. The molecule has 3 rings (SSSR count). The van der Waals surface area contributed by atoms with Gasteiger partial charge in [0.1, 0.15) is 5.15 Å². The monoisotopic (exact) mass is 387 g/mol. The highest BCUT2D eigenvalue weighted by molar-refractivity contribution is 6.33. The lowest BCUT2D eigenvalue weighted by Gasteiger charge is -2.07. The zero-order valence-electron chi connectivity index (χ0n) is 14.6. The molecule has 1 amide bonds. The van der Waals surface area contributed by atoms with Crippen LogP contribution in [0.15, 0.2) is 48.5 Å². The fourth-order valence-electron chi connectivity index (χ4n) is 2.68. The summed E-state index contributed by atoms with van der Waals surface area (Å²) < 4.78 is 1.60. The van der Waals surface area contributed by atoms with E-state index in [1.165, 1.54) is 5.56 Å². The van der Waals surface area contributed by atoms with Crippen LogP contribution in [-0.2, 0) is 13.1 Å². The lowest BCUT2D eigenvalue weighted by Crippen LogP contribution is -2.23. The molecular formula is C20H19Cl2N3O. The fourth-order valence-corrected chi connectivity index (χ4v) is 3.20. The second-order valence-electron chi connectivity index (χ2n) is 6.17. The Bertz CT molecular complexity index is 933. The van der Waals surface area contributed by atoms with E-state index in [1.807, 2.05) is 55.5 Å². The van der Waals surface area contributed by atoms with Gasteiger partial charge in [0.2, 0.25) is 0 Å². The van der Waals surface area contributed by atoms with Crippen LogP contribution in [0.25, 0.3) is 0 Å². The van der Waals surface area contributed by atoms with Gasteiger partial charge in [0.25, 0.3) is 5.91 Å². The van der Waals surface area contributed by atoms with E-state index in [0.29, 0.717) is 34.5 Å². The molecule has 4 nitrogen and oxygen atoms in total. The number of halogens is 2. The molecule has 26 heavy (non-hydrogen) atoms. The predicted octanol–water partition coefficient (Wildman–Crippen LogP) is 4.79. The molecule has 0 fully saturated rings. The van der Waals surface area contributed by atoms with Gasteiger partial charge in [-0.3, -0.25) is 4.79 Å². The molecule has 0 spiro atoms. The Labute approximate surface area is 162 Å². The van der Waals surface area contributed by atoms with Gasteiger partial charge in [-0.15, -0.1) is 0 Å². The summed E-state index contributed by atoms with van der Waals surface area (Å²) in [5, 5.41) is 8.25. The summed E-state index contributed by atoms with van der Waals surface area (Å²) in [6.07, 6.45) is 0. The van der Waals surface area contributed by atoms with E-state index in [1.54, 1.807) is 11.6 Å². The average Bonchev–Trinajstić information content (AvgIpc) is 2.90. The number of benzene rings is 2. The molecular weight excluding hydrogens is 369 g/mol. The van der Waals surface area contributed by atoms with Gasteiger partial charge in [-0.05, 0) is 31.0 Å². The molecule has 1 N–H and O–H groups in total. The van der Waals surface area contributed by atoms with Gasteiger partial charge < -0.3 is 5.32 Å². The van der Waals surface area contributed by atoms with Gasteiger partial charge in [-0.25, -0.2) is 4.68 Å². The Morgan fingerprint density at radius 1 is 1.08 bits per heavy atom. The van der Waals surface area contributed by atoms with Crippen LogP contribution < -0.4 is 5.32 Å². The quantitative estimate of drug-likeness (QED) is 0.684. The number of aryl methyl sites for hydroxylation is 2. The van der Waals surface area contributed by atoms with Crippen molar-refractivity contribution in [3.05, 3.63) is 86.7 Å². The summed E-state index contributed by atoms with van der Waals surface area (Å²) in [5.41, 5.74) is 4.08. The van der Waals surface area contributed by atoms with Crippen molar-refractivity contribution in [2.45, 2.75) is 26.9 Å². The minimum absolute atomic E-state index is 0.238. The SMILES string of the molecule is Cc1ccc(CNC(=O)c2c(C)nn(Cc3ccccc3Cl)c2Cl)cc1. The highest BCUT2D eigenvalue weighted by Crippen LogP contribution is 2.23. The van der Waals surface area contributed by atoms with Gasteiger partial charge in [0.05, 0.1) is 17.8 Å². The summed E-state index contributed by atoms with van der Waals surface area (Å²) in [7, 11) is 0. The summed E-state index contributed by atoms with van der Waals surface area (Å²) in [4.78, 5) is 12.6. The molecule has 134 valence electrons. The molecule has 0 saturated carbocycles. The molecule has 0 aliphatic heterocycles. The molecule has 0 aliphatic rings. The maximum absolute atomic E-state index is 12.6. The van der Waals surface area contributed by atoms with Crippen LogP contribution in [0.1, 0.15) is 32.7 Å². The Kier molecular flexibility index (Phi) is 5.64. The first-order chi connectivity index (χ1) is 12.5. The predicted molar refractivity (Wildman–Crippen MR) is 105 cm³/mol. The Morgan fingerprint density at radius 3 is 2.46 bits per heavy atom. The van der Waals surface area contributed by atoms with E-state index in [9.17, 15) is 4.79 Å². The standard InChI is InChI=1S/C20H19Cl2N3O/c1-13-7-9-15(10-8-13)11-23-20(26)18-14(2)24-25(19(18)22)12-16-5-3-4-6-17(16)21/h3-10H,11-12H2,1-2H3,(H,23,26). The van der Waals surface area contributed by atoms with Crippen LogP contribution in [0, 0.1) is 13.8 Å². The zero-order chi connectivity index (χ0) is 18.7. The molecule has 0 atom stereocenters. The van der Waals surface area contributed by atoms with Crippen molar-refractivity contribution in [3.8, 4) is 0 Å². The van der Waals surface area contributed by atoms with Crippen LogP contribution in [-0.4, -0.2) is 15.7 Å². The summed E-state index contributed by atoms with van der Waals surface area (Å²) >= 11 is 12.6. The van der Waals surface area contributed by atoms with E-state index in [-0.39, 0.29) is 5.91 Å². The summed E-state index contributed by atoms with van der Waals surface area (Å²) in [6, 6.07) is 15.5. The number of carbonyl (C=O) groups is 1. The van der Waals surface area contributed by atoms with Gasteiger partial charge >= 0.3 is 0 Å². The molecule has 1 aromatic heterocycles. The zero-order valence-corrected chi connectivity index (χ0v) is 16.1. The largest absolute Gasteiger partial charge is 0.348 e. The minimum atomic E-state index is -0.238. The smallest absolute Gasteiger partial charge is 0.256 e. The average molecular weight is 388 g/mol. The molecule has 0 radical (unpaired) electrons. The maximum atomic E-state index is 12.6. The van der Waals surface area contributed by atoms with Crippen molar-refractivity contribution in [1.82, 2.24) is 15.1 Å². The first kappa shape index (κ1) is 18.5. The van der Waals surface area contributed by atoms with Gasteiger partial charge in [-0.1, -0.05) is 71.2 Å². The van der Waals surface area contributed by atoms with Gasteiger partial charge in [-0.2, -0.15) is 5.10 Å². The van der Waals surface area contributed by atoms with Crippen molar-refractivity contribution in [2.24, 2.45) is 0 Å². The topological polar surface area (TPSA) is 46.9 Å². The van der Waals surface area contributed by atoms with Crippen molar-refractivity contribution in [2.75, 3.05) is 0 Å². The van der Waals surface area contributed by atoms with Crippen molar-refractivity contribution in [3.63, 3.8) is 0 Å². The number of hydrogen-bond donors (Lipinski definition) is 1. The number of rotatable bonds is 5. The highest BCUT2D eigenvalue weighted by atomic mass is 35.5. The minimum Gasteiger partial charge on any atom is -0.348 e. The third-order valence-electron chi connectivity index (χ3n) is 4.14. The first-order valence-corrected chi connectivity index (χ1v) is 9.01. The lowest BCUT2D eigenvalue weighted by molar-refractivity contribution is 0.0950. The van der Waals surface area contributed by atoms with E-state index in [0.717, 1.165) is 11.1 Å². The Morgan fingerprint density at radius 2 is 1.77 bits per heavy atom. The first-order valence-electron chi connectivity index (χ1n) is 8.25. The Hall–Kier alpha value is -2.30. The molecule has 0 aliphatic carbocycles. The molecule has 0 bridgehead atoms. The van der Waals surface area contributed by atoms with Crippen molar-refractivity contribution >= 4 is 29.1 Å². The number of nitrogens with one attached hydrogen (secondary N) is 1. The molecule has 1 heterocycles. The highest BCUT2D eigenvalue weighted by Gasteiger charge is 2.20. The molecule has 0 unspecified atom stereocenters. The molecule has 3 aromatic rings. The van der Waals surface area contributed by atoms with E-state index < -0.39 is 0 Å². The van der Waals surface area contributed by atoms with Crippen molar-refractivity contribution in [1.29, 1.82) is 0 Å². The Balaban J connectivity index is 1.75. The second-order valence-corrected chi connectivity index (χ2v) is 6.93. The molecule has 2 aromatic carbocycles. The second kappa shape index (κ2) is 7.94. The van der Waals surface area contributed by atoms with Crippen LogP contribution in [0.2, 0.25) is 10.2 Å². The number of aromatic nitrogens is 2. The van der Waals surface area contributed by atoms with E-state index in [4.69, 9.17) is 23.2 Å². The normalized spacial score (nSPS) is 10.8. The number of carbonyl (C=O) groups excluding carboxylic acids is 1. The molecule has 6 heteroatoms. The van der Waals surface area contributed by atoms with E-state index >= 15 is 0 Å². The third kappa shape index (κ3) is 4.09. The van der Waals surface area contributed by atoms with Crippen LogP contribution in [0.5, 0.6) is 0 Å². The molecule has 0 saturated heterocycles. The summed E-state index contributed by atoms with van der Waals surface area (Å²) in [6.45, 7) is 4.64. The van der Waals surface area contributed by atoms with E-state index in [2.05, 4.69) is 10.4 Å². The van der Waals surface area contributed by atoms with Crippen LogP contribution in [0.4, 0.5) is 0 Å². The van der Waals surface area contributed by atoms with Gasteiger partial charge in [0, 0.05) is 11.6 Å². The maximum Gasteiger partial charge on any atom is 0.256 e. The van der Waals surface area contributed by atoms with Crippen LogP contribution >= 0.6 is 23.2 Å². The van der Waals surface area contributed by atoms with Crippen LogP contribution in [0.3, 0.4) is 0 Å². The number of hydrogen-bond acceptors (Lipinski definition) is 2. The lowest BCUT2D eigenvalue weighted by atomic mass is 10.1. The number of amides is 1.